The largest absolute Gasteiger partial charge is 0.452 e. The van der Waals surface area contributed by atoms with Crippen molar-refractivity contribution >= 4 is 23.3 Å². The van der Waals surface area contributed by atoms with Crippen LogP contribution in [0.2, 0.25) is 0 Å². The molecule has 3 aromatic rings. The number of carbonyl (C=O) groups is 2. The van der Waals surface area contributed by atoms with Gasteiger partial charge in [-0.3, -0.25) is 4.79 Å². The van der Waals surface area contributed by atoms with E-state index in [0.29, 0.717) is 17.9 Å². The molecule has 0 saturated carbocycles. The van der Waals surface area contributed by atoms with E-state index in [4.69, 9.17) is 4.74 Å². The van der Waals surface area contributed by atoms with Crippen molar-refractivity contribution < 1.29 is 14.3 Å². The average molecular weight is 381 g/mol. The summed E-state index contributed by atoms with van der Waals surface area (Å²) in [6.07, 6.45) is 3.32. The Bertz CT molecular complexity index is 1030. The number of benzene rings is 1. The maximum Gasteiger partial charge on any atom is 0.342 e. The lowest BCUT2D eigenvalue weighted by Crippen LogP contribution is -2.23. The molecule has 0 unspecified atom stereocenters. The van der Waals surface area contributed by atoms with Crippen LogP contribution in [0.1, 0.15) is 53.9 Å². The highest BCUT2D eigenvalue weighted by Crippen LogP contribution is 2.27. The highest BCUT2D eigenvalue weighted by atomic mass is 16.5. The lowest BCUT2D eigenvalue weighted by atomic mass is 9.98. The van der Waals surface area contributed by atoms with Crippen molar-refractivity contribution in [1.82, 2.24) is 19.6 Å². The predicted octanol–water partition coefficient (Wildman–Crippen LogP) is 2.91. The summed E-state index contributed by atoms with van der Waals surface area (Å²) in [5.74, 6) is -0.347. The molecule has 3 rings (SSSR count). The molecule has 0 radical (unpaired) electrons. The van der Waals surface area contributed by atoms with E-state index < -0.39 is 11.9 Å². The minimum absolute atomic E-state index is 0.255. The fraction of sp³-hybridized carbons (Fsp3) is 0.350. The molecule has 8 nitrogen and oxygen atoms in total. The number of rotatable bonds is 6. The molecule has 0 aliphatic rings. The van der Waals surface area contributed by atoms with Crippen LogP contribution in [0, 0.1) is 6.92 Å². The molecule has 2 heterocycles. The normalized spacial score (nSPS) is 11.0. The van der Waals surface area contributed by atoms with E-state index in [1.807, 2.05) is 32.0 Å². The van der Waals surface area contributed by atoms with Gasteiger partial charge in [0.1, 0.15) is 6.33 Å². The molecule has 146 valence electrons. The first-order valence-electron chi connectivity index (χ1n) is 9.16. The number of nitrogens with one attached hydrogen (secondary N) is 1. The molecule has 8 heteroatoms. The fourth-order valence-electron chi connectivity index (χ4n) is 3.06. The molecule has 0 bridgehead atoms. The molecule has 0 aliphatic carbocycles. The Morgan fingerprint density at radius 1 is 1.25 bits per heavy atom. The number of esters is 1. The molecule has 0 fully saturated rings. The van der Waals surface area contributed by atoms with Gasteiger partial charge in [0.2, 0.25) is 0 Å². The van der Waals surface area contributed by atoms with Gasteiger partial charge in [-0.05, 0) is 30.4 Å². The van der Waals surface area contributed by atoms with Gasteiger partial charge < -0.3 is 10.1 Å². The number of fused-ring (bicyclic) bond motifs is 1. The summed E-state index contributed by atoms with van der Waals surface area (Å²) in [7, 11) is 0. The maximum atomic E-state index is 12.5. The van der Waals surface area contributed by atoms with E-state index in [1.54, 1.807) is 0 Å². The van der Waals surface area contributed by atoms with Crippen LogP contribution in [0.3, 0.4) is 0 Å². The monoisotopic (exact) mass is 381 g/mol. The lowest BCUT2D eigenvalue weighted by molar-refractivity contribution is -0.119. The number of amides is 1. The Labute approximate surface area is 163 Å². The quantitative estimate of drug-likeness (QED) is 0.659. The van der Waals surface area contributed by atoms with Gasteiger partial charge in [0, 0.05) is 11.9 Å². The Kier molecular flexibility index (Phi) is 5.67. The molecule has 1 amide bonds. The molecular weight excluding hydrogens is 358 g/mol. The van der Waals surface area contributed by atoms with Crippen LogP contribution in [0.15, 0.2) is 30.7 Å². The number of anilines is 1. The summed E-state index contributed by atoms with van der Waals surface area (Å²) in [6, 6.07) is 5.87. The molecule has 0 atom stereocenters. The number of carbonyl (C=O) groups excluding carboxylic acids is 2. The average Bonchev–Trinajstić information content (AvgIpc) is 3.15. The zero-order valence-corrected chi connectivity index (χ0v) is 16.4. The first-order chi connectivity index (χ1) is 13.4. The summed E-state index contributed by atoms with van der Waals surface area (Å²) in [5.41, 5.74) is 3.66. The van der Waals surface area contributed by atoms with Gasteiger partial charge in [-0.2, -0.15) is 10.1 Å². The minimum Gasteiger partial charge on any atom is -0.452 e. The van der Waals surface area contributed by atoms with Crippen LogP contribution in [0.5, 0.6) is 0 Å². The molecule has 0 spiro atoms. The Hall–Kier alpha value is -3.29. The maximum absolute atomic E-state index is 12.5. The Morgan fingerprint density at radius 2 is 2.04 bits per heavy atom. The van der Waals surface area contributed by atoms with Crippen molar-refractivity contribution in [3.05, 3.63) is 53.1 Å². The second-order valence-electron chi connectivity index (χ2n) is 6.76. The van der Waals surface area contributed by atoms with Gasteiger partial charge in [-0.1, -0.05) is 39.0 Å². The molecule has 0 aliphatic heterocycles. The third-order valence-corrected chi connectivity index (χ3v) is 4.49. The van der Waals surface area contributed by atoms with Crippen molar-refractivity contribution in [2.75, 3.05) is 11.9 Å². The summed E-state index contributed by atoms with van der Waals surface area (Å²) in [4.78, 5) is 33.0. The standard InChI is InChI=1S/C20H23N5O3/c1-5-16-15(9-21-20-22-11-23-25(16)20)19(27)28-10-17(26)24-18-13(4)7-6-8-14(18)12(2)3/h6-9,11-12H,5,10H2,1-4H3,(H,24,26). The van der Waals surface area contributed by atoms with Crippen LogP contribution in [-0.4, -0.2) is 38.1 Å². The van der Waals surface area contributed by atoms with Crippen molar-refractivity contribution in [3.8, 4) is 0 Å². The van der Waals surface area contributed by atoms with Gasteiger partial charge in [0.25, 0.3) is 11.7 Å². The van der Waals surface area contributed by atoms with E-state index in [9.17, 15) is 9.59 Å². The molecular formula is C20H23N5O3. The van der Waals surface area contributed by atoms with E-state index in [0.717, 1.165) is 16.8 Å². The van der Waals surface area contributed by atoms with Gasteiger partial charge >= 0.3 is 5.97 Å². The second kappa shape index (κ2) is 8.16. The SMILES string of the molecule is CCc1c(C(=O)OCC(=O)Nc2c(C)cccc2C(C)C)cnc2ncnn12. The van der Waals surface area contributed by atoms with Crippen LogP contribution in [-0.2, 0) is 16.0 Å². The number of hydrogen-bond donors (Lipinski definition) is 1. The van der Waals surface area contributed by atoms with Crippen molar-refractivity contribution in [2.24, 2.45) is 0 Å². The lowest BCUT2D eigenvalue weighted by Gasteiger charge is -2.16. The van der Waals surface area contributed by atoms with Gasteiger partial charge in [0.05, 0.1) is 11.3 Å². The summed E-state index contributed by atoms with van der Waals surface area (Å²) < 4.78 is 6.72. The first kappa shape index (κ1) is 19.5. The molecule has 0 saturated heterocycles. The second-order valence-corrected chi connectivity index (χ2v) is 6.76. The minimum atomic E-state index is -0.620. The number of para-hydroxylation sites is 1. The van der Waals surface area contributed by atoms with Crippen LogP contribution >= 0.6 is 0 Å². The van der Waals surface area contributed by atoms with Crippen molar-refractivity contribution in [1.29, 1.82) is 0 Å². The molecule has 1 N–H and O–H groups in total. The number of aromatic nitrogens is 4. The fourth-order valence-corrected chi connectivity index (χ4v) is 3.06. The first-order valence-corrected chi connectivity index (χ1v) is 9.16. The zero-order chi connectivity index (χ0) is 20.3. The van der Waals surface area contributed by atoms with E-state index in [-0.39, 0.29) is 18.1 Å². The zero-order valence-electron chi connectivity index (χ0n) is 16.4. The van der Waals surface area contributed by atoms with Gasteiger partial charge in [-0.25, -0.2) is 14.3 Å². The predicted molar refractivity (Wildman–Crippen MR) is 104 cm³/mol. The molecule has 2 aromatic heterocycles. The van der Waals surface area contributed by atoms with Crippen LogP contribution in [0.25, 0.3) is 5.78 Å². The highest BCUT2D eigenvalue weighted by Gasteiger charge is 2.19. The summed E-state index contributed by atoms with van der Waals surface area (Å²) in [6.45, 7) is 7.56. The van der Waals surface area contributed by atoms with Gasteiger partial charge in [0.15, 0.2) is 6.61 Å². The summed E-state index contributed by atoms with van der Waals surface area (Å²) in [5, 5.41) is 6.94. The third-order valence-electron chi connectivity index (χ3n) is 4.49. The van der Waals surface area contributed by atoms with E-state index in [1.165, 1.54) is 17.0 Å². The number of hydrogen-bond acceptors (Lipinski definition) is 6. The molecule has 1 aromatic carbocycles. The van der Waals surface area contributed by atoms with E-state index >= 15 is 0 Å². The van der Waals surface area contributed by atoms with Gasteiger partial charge in [-0.15, -0.1) is 0 Å². The highest BCUT2D eigenvalue weighted by molar-refractivity contribution is 5.96. The van der Waals surface area contributed by atoms with Crippen molar-refractivity contribution in [3.63, 3.8) is 0 Å². The third kappa shape index (κ3) is 3.85. The Morgan fingerprint density at radius 3 is 2.75 bits per heavy atom. The number of aryl methyl sites for hydroxylation is 2. The molecule has 28 heavy (non-hydrogen) atoms. The topological polar surface area (TPSA) is 98.5 Å². The van der Waals surface area contributed by atoms with E-state index in [2.05, 4.69) is 34.2 Å². The number of ether oxygens (including phenoxy) is 1. The van der Waals surface area contributed by atoms with Crippen LogP contribution in [0.4, 0.5) is 5.69 Å². The van der Waals surface area contributed by atoms with Crippen molar-refractivity contribution in [2.45, 2.75) is 40.0 Å². The number of nitrogens with zero attached hydrogens (tertiary/aromatic N) is 4. The summed E-state index contributed by atoms with van der Waals surface area (Å²) >= 11 is 0. The smallest absolute Gasteiger partial charge is 0.342 e. The Balaban J connectivity index is 1.71. The van der Waals surface area contributed by atoms with Crippen LogP contribution < -0.4 is 5.32 Å².